The number of hydrogen-bond acceptors (Lipinski definition) is 6. The molecule has 1 amide bonds. The summed E-state index contributed by atoms with van der Waals surface area (Å²) >= 11 is 0. The number of para-hydroxylation sites is 1. The lowest BCUT2D eigenvalue weighted by Gasteiger charge is -2.17. The Morgan fingerprint density at radius 1 is 1.15 bits per heavy atom. The van der Waals surface area contributed by atoms with Gasteiger partial charge in [-0.15, -0.1) is 0 Å². The first-order valence-corrected chi connectivity index (χ1v) is 12.2. The maximum Gasteiger partial charge on any atom is 0.310 e. The zero-order valence-electron chi connectivity index (χ0n) is 18.8. The number of benzene rings is 2. The molecule has 0 spiro atoms. The number of rotatable bonds is 7. The van der Waals surface area contributed by atoms with Crippen LogP contribution in [0.1, 0.15) is 18.2 Å². The maximum atomic E-state index is 12.9. The van der Waals surface area contributed by atoms with Gasteiger partial charge in [0.2, 0.25) is 15.9 Å². The third-order valence-electron chi connectivity index (χ3n) is 5.85. The van der Waals surface area contributed by atoms with Crippen LogP contribution in [0.3, 0.4) is 0 Å². The van der Waals surface area contributed by atoms with Crippen molar-refractivity contribution in [3.05, 3.63) is 65.9 Å². The Morgan fingerprint density at radius 3 is 2.53 bits per heavy atom. The van der Waals surface area contributed by atoms with Gasteiger partial charge in [-0.3, -0.25) is 14.6 Å². The van der Waals surface area contributed by atoms with Gasteiger partial charge in [0.1, 0.15) is 12.4 Å². The number of carboxylic acids is 1. The van der Waals surface area contributed by atoms with Gasteiger partial charge in [0.15, 0.2) is 0 Å². The predicted octanol–water partition coefficient (Wildman–Crippen LogP) is 2.33. The lowest BCUT2D eigenvalue weighted by atomic mass is 10.1. The number of fused-ring (bicyclic) bond motifs is 1. The van der Waals surface area contributed by atoms with Gasteiger partial charge in [-0.1, -0.05) is 18.2 Å². The number of aryl methyl sites for hydroxylation is 1. The van der Waals surface area contributed by atoms with E-state index < -0.39 is 28.0 Å². The minimum Gasteiger partial charge on any atom is -0.489 e. The third-order valence-corrected chi connectivity index (χ3v) is 7.35. The van der Waals surface area contributed by atoms with Crippen molar-refractivity contribution >= 4 is 32.8 Å². The van der Waals surface area contributed by atoms with Crippen molar-refractivity contribution in [1.29, 1.82) is 0 Å². The summed E-state index contributed by atoms with van der Waals surface area (Å²) in [6.07, 6.45) is 0. The van der Waals surface area contributed by atoms with Crippen LogP contribution in [0.4, 0.5) is 0 Å². The van der Waals surface area contributed by atoms with Crippen molar-refractivity contribution in [1.82, 2.24) is 14.6 Å². The molecular weight excluding hydrogens is 458 g/mol. The molecular formula is C24H25N3O6S. The summed E-state index contributed by atoms with van der Waals surface area (Å²) in [5.41, 5.74) is 2.72. The van der Waals surface area contributed by atoms with E-state index in [-0.39, 0.29) is 30.5 Å². The molecule has 2 N–H and O–H groups in total. The first-order chi connectivity index (χ1) is 16.1. The highest BCUT2D eigenvalue weighted by Gasteiger charge is 2.41. The molecule has 2 heterocycles. The van der Waals surface area contributed by atoms with Crippen molar-refractivity contribution in [2.45, 2.75) is 31.4 Å². The fourth-order valence-electron chi connectivity index (χ4n) is 4.09. The van der Waals surface area contributed by atoms with E-state index in [4.69, 9.17) is 4.74 Å². The summed E-state index contributed by atoms with van der Waals surface area (Å²) in [5.74, 6) is -1.98. The van der Waals surface area contributed by atoms with Gasteiger partial charge in [0, 0.05) is 36.7 Å². The zero-order valence-corrected chi connectivity index (χ0v) is 19.6. The van der Waals surface area contributed by atoms with Crippen molar-refractivity contribution in [3.63, 3.8) is 0 Å². The molecule has 1 fully saturated rings. The molecule has 9 nitrogen and oxygen atoms in total. The van der Waals surface area contributed by atoms with Gasteiger partial charge in [0.05, 0.1) is 22.4 Å². The Morgan fingerprint density at radius 2 is 1.85 bits per heavy atom. The number of hydrogen-bond donors (Lipinski definition) is 2. The number of carbonyl (C=O) groups excluding carboxylic acids is 1. The van der Waals surface area contributed by atoms with Crippen molar-refractivity contribution in [3.8, 4) is 5.75 Å². The summed E-state index contributed by atoms with van der Waals surface area (Å²) in [7, 11) is -3.99. The maximum absolute atomic E-state index is 12.9. The summed E-state index contributed by atoms with van der Waals surface area (Å²) in [6, 6.07) is 14.7. The zero-order chi connectivity index (χ0) is 24.5. The number of nitrogens with zero attached hydrogens (tertiary/aromatic N) is 2. The van der Waals surface area contributed by atoms with Crippen LogP contribution in [-0.4, -0.2) is 54.4 Å². The molecule has 2 aromatic carbocycles. The molecule has 34 heavy (non-hydrogen) atoms. The van der Waals surface area contributed by atoms with Gasteiger partial charge in [-0.2, -0.15) is 0 Å². The van der Waals surface area contributed by atoms with E-state index in [1.54, 1.807) is 12.1 Å². The highest BCUT2D eigenvalue weighted by Crippen LogP contribution is 2.23. The number of carboxylic acid groups (broad SMARTS) is 1. The number of carbonyl (C=O) groups is 2. The second-order valence-corrected chi connectivity index (χ2v) is 10.0. The number of likely N-dealkylation sites (tertiary alicyclic amines) is 1. The van der Waals surface area contributed by atoms with Crippen LogP contribution in [0, 0.1) is 12.8 Å². The Hall–Kier alpha value is -3.50. The van der Waals surface area contributed by atoms with Crippen LogP contribution in [0.5, 0.6) is 5.75 Å². The van der Waals surface area contributed by atoms with E-state index in [9.17, 15) is 23.1 Å². The number of sulfonamides is 1. The largest absolute Gasteiger partial charge is 0.489 e. The molecule has 10 heteroatoms. The molecule has 0 saturated carbocycles. The highest BCUT2D eigenvalue weighted by atomic mass is 32.2. The number of aliphatic carboxylic acids is 1. The van der Waals surface area contributed by atoms with Crippen LogP contribution in [0.25, 0.3) is 10.9 Å². The molecule has 178 valence electrons. The average Bonchev–Trinajstić information content (AvgIpc) is 3.21. The van der Waals surface area contributed by atoms with Crippen LogP contribution in [0.2, 0.25) is 0 Å². The van der Waals surface area contributed by atoms with E-state index in [2.05, 4.69) is 9.71 Å². The number of ether oxygens (including phenoxy) is 1. The highest BCUT2D eigenvalue weighted by molar-refractivity contribution is 7.89. The van der Waals surface area contributed by atoms with Crippen molar-refractivity contribution < 1.29 is 27.9 Å². The van der Waals surface area contributed by atoms with E-state index in [0.29, 0.717) is 5.75 Å². The fraction of sp³-hybridized carbons (Fsp3) is 0.292. The number of amides is 1. The molecule has 1 saturated heterocycles. The Balaban J connectivity index is 1.46. The molecule has 1 aromatic heterocycles. The Bertz CT molecular complexity index is 1340. The summed E-state index contributed by atoms with van der Waals surface area (Å²) < 4.78 is 34.0. The van der Waals surface area contributed by atoms with E-state index in [1.165, 1.54) is 24.0 Å². The molecule has 4 rings (SSSR count). The lowest BCUT2D eigenvalue weighted by molar-refractivity contribution is -0.141. The standard InChI is InChI=1S/C24H25N3O6S/c1-15-11-17(20-5-3-4-6-22(20)25-15)14-33-18-7-9-19(10-8-18)34(31,32)26-23-13-27(16(2)28)12-21(23)24(29)30/h3-11,21,23,26H,12-14H2,1-2H3,(H,29,30)/t21-,23+/m0/s1. The SMILES string of the molecule is CC(=O)N1C[C@H](C(=O)O)[C@H](NS(=O)(=O)c2ccc(OCc3cc(C)nc4ccccc34)cc2)C1. The van der Waals surface area contributed by atoms with Gasteiger partial charge >= 0.3 is 5.97 Å². The summed E-state index contributed by atoms with van der Waals surface area (Å²) in [4.78, 5) is 29.0. The second kappa shape index (κ2) is 9.40. The minimum absolute atomic E-state index is 0.00598. The van der Waals surface area contributed by atoms with Gasteiger partial charge in [-0.05, 0) is 43.3 Å². The fourth-order valence-corrected chi connectivity index (χ4v) is 5.36. The van der Waals surface area contributed by atoms with E-state index in [1.807, 2.05) is 37.3 Å². The monoisotopic (exact) mass is 483 g/mol. The molecule has 0 bridgehead atoms. The first-order valence-electron chi connectivity index (χ1n) is 10.7. The quantitative estimate of drug-likeness (QED) is 0.528. The number of nitrogens with one attached hydrogen (secondary N) is 1. The lowest BCUT2D eigenvalue weighted by Crippen LogP contribution is -2.43. The Kier molecular flexibility index (Phi) is 6.54. The van der Waals surface area contributed by atoms with E-state index >= 15 is 0 Å². The molecule has 0 aliphatic carbocycles. The second-order valence-electron chi connectivity index (χ2n) is 8.30. The smallest absolute Gasteiger partial charge is 0.310 e. The summed E-state index contributed by atoms with van der Waals surface area (Å²) in [5, 5.41) is 10.4. The van der Waals surface area contributed by atoms with Crippen molar-refractivity contribution in [2.75, 3.05) is 13.1 Å². The number of pyridine rings is 1. The number of aromatic nitrogens is 1. The predicted molar refractivity (Wildman–Crippen MR) is 125 cm³/mol. The van der Waals surface area contributed by atoms with Crippen LogP contribution >= 0.6 is 0 Å². The van der Waals surface area contributed by atoms with Gasteiger partial charge in [0.25, 0.3) is 0 Å². The van der Waals surface area contributed by atoms with Crippen LogP contribution in [0.15, 0.2) is 59.5 Å². The van der Waals surface area contributed by atoms with Crippen LogP contribution < -0.4 is 9.46 Å². The average molecular weight is 484 g/mol. The topological polar surface area (TPSA) is 126 Å². The van der Waals surface area contributed by atoms with Crippen molar-refractivity contribution in [2.24, 2.45) is 5.92 Å². The third kappa shape index (κ3) is 5.02. The molecule has 3 aromatic rings. The minimum atomic E-state index is -3.99. The van der Waals surface area contributed by atoms with Gasteiger partial charge < -0.3 is 14.7 Å². The Labute approximate surface area is 197 Å². The molecule has 1 aliphatic rings. The normalized spacial score (nSPS) is 18.2. The first kappa shape index (κ1) is 23.7. The summed E-state index contributed by atoms with van der Waals surface area (Å²) in [6.45, 7) is 3.50. The van der Waals surface area contributed by atoms with Crippen LogP contribution in [-0.2, 0) is 26.2 Å². The molecule has 0 radical (unpaired) electrons. The molecule has 2 atom stereocenters. The van der Waals surface area contributed by atoms with Gasteiger partial charge in [-0.25, -0.2) is 13.1 Å². The molecule has 0 unspecified atom stereocenters. The molecule has 1 aliphatic heterocycles. The van der Waals surface area contributed by atoms with E-state index in [0.717, 1.165) is 22.2 Å².